The maximum atomic E-state index is 9.71. The van der Waals surface area contributed by atoms with Gasteiger partial charge in [-0.05, 0) is 24.2 Å². The molecule has 1 unspecified atom stereocenters. The molecule has 1 heterocycles. The average molecular weight is 298 g/mol. The monoisotopic (exact) mass is 298 g/mol. The summed E-state index contributed by atoms with van der Waals surface area (Å²) in [4.78, 5) is 8.64. The number of rotatable bonds is 7. The highest BCUT2D eigenvalue weighted by Crippen LogP contribution is 2.51. The minimum absolute atomic E-state index is 0.0619. The Labute approximate surface area is 124 Å². The highest BCUT2D eigenvalue weighted by molar-refractivity contribution is 7.99. The van der Waals surface area contributed by atoms with Crippen LogP contribution in [0, 0.1) is 11.3 Å². The van der Waals surface area contributed by atoms with Crippen molar-refractivity contribution >= 4 is 11.8 Å². The van der Waals surface area contributed by atoms with Gasteiger partial charge < -0.3 is 14.6 Å². The van der Waals surface area contributed by atoms with E-state index in [1.807, 2.05) is 0 Å². The van der Waals surface area contributed by atoms with Gasteiger partial charge in [-0.1, -0.05) is 25.6 Å². The number of aliphatic hydroxyl groups is 1. The van der Waals surface area contributed by atoms with Crippen molar-refractivity contribution in [3.05, 3.63) is 6.07 Å². The van der Waals surface area contributed by atoms with E-state index < -0.39 is 0 Å². The number of nitrogens with zero attached hydrogens (tertiary/aromatic N) is 2. The Morgan fingerprint density at radius 2 is 1.85 bits per heavy atom. The molecule has 0 amide bonds. The largest absolute Gasteiger partial charge is 0.481 e. The lowest BCUT2D eigenvalue weighted by Crippen LogP contribution is -2.32. The van der Waals surface area contributed by atoms with Gasteiger partial charge in [-0.2, -0.15) is 9.97 Å². The van der Waals surface area contributed by atoms with Crippen LogP contribution in [0.15, 0.2) is 11.2 Å². The second-order valence-electron chi connectivity index (χ2n) is 5.62. The molecule has 0 radical (unpaired) electrons. The van der Waals surface area contributed by atoms with Crippen LogP contribution in [-0.4, -0.2) is 41.2 Å². The highest BCUT2D eigenvalue weighted by atomic mass is 32.2. The summed E-state index contributed by atoms with van der Waals surface area (Å²) in [6.45, 7) is 4.52. The lowest BCUT2D eigenvalue weighted by atomic mass is 9.84. The molecule has 112 valence electrons. The number of methoxy groups -OCH3 is 2. The zero-order valence-electron chi connectivity index (χ0n) is 12.4. The van der Waals surface area contributed by atoms with E-state index in [2.05, 4.69) is 23.8 Å². The van der Waals surface area contributed by atoms with E-state index in [9.17, 15) is 5.11 Å². The highest BCUT2D eigenvalue weighted by Gasteiger charge is 2.43. The smallest absolute Gasteiger partial charge is 0.220 e. The van der Waals surface area contributed by atoms with Crippen molar-refractivity contribution in [2.75, 3.05) is 20.8 Å². The molecule has 6 heteroatoms. The third-order valence-corrected chi connectivity index (χ3v) is 5.38. The molecule has 1 aliphatic carbocycles. The molecule has 1 aliphatic rings. The molecule has 0 saturated heterocycles. The third-order valence-electron chi connectivity index (χ3n) is 3.95. The Bertz CT molecular complexity index is 441. The van der Waals surface area contributed by atoms with Crippen molar-refractivity contribution in [1.82, 2.24) is 9.97 Å². The van der Waals surface area contributed by atoms with Crippen molar-refractivity contribution in [2.45, 2.75) is 37.1 Å². The molecule has 1 saturated carbocycles. The summed E-state index contributed by atoms with van der Waals surface area (Å²) in [5, 5.41) is 10.4. The number of aliphatic hydroxyl groups excluding tert-OH is 1. The van der Waals surface area contributed by atoms with Gasteiger partial charge in [0.15, 0.2) is 5.16 Å². The van der Waals surface area contributed by atoms with Crippen LogP contribution in [0.3, 0.4) is 0 Å². The van der Waals surface area contributed by atoms with Crippen LogP contribution >= 0.6 is 11.8 Å². The zero-order valence-corrected chi connectivity index (χ0v) is 13.2. The summed E-state index contributed by atoms with van der Waals surface area (Å²) in [6.07, 6.45) is 2.48. The quantitative estimate of drug-likeness (QED) is 0.616. The van der Waals surface area contributed by atoms with Gasteiger partial charge in [0.2, 0.25) is 11.8 Å². The molecule has 1 atom stereocenters. The van der Waals surface area contributed by atoms with E-state index in [1.165, 1.54) is 24.6 Å². The van der Waals surface area contributed by atoms with Crippen LogP contribution in [0.25, 0.3) is 0 Å². The molecule has 1 N–H and O–H groups in total. The van der Waals surface area contributed by atoms with Crippen LogP contribution in [0.1, 0.15) is 26.7 Å². The first kappa shape index (κ1) is 15.4. The Kier molecular flexibility index (Phi) is 4.75. The normalized spacial score (nSPS) is 16.9. The molecule has 1 fully saturated rings. The third kappa shape index (κ3) is 3.35. The van der Waals surface area contributed by atoms with Crippen LogP contribution in [-0.2, 0) is 0 Å². The second-order valence-corrected chi connectivity index (χ2v) is 6.79. The summed E-state index contributed by atoms with van der Waals surface area (Å²) in [5.41, 5.74) is 0.0685. The Morgan fingerprint density at radius 3 is 2.25 bits per heavy atom. The summed E-state index contributed by atoms with van der Waals surface area (Å²) < 4.78 is 10.3. The van der Waals surface area contributed by atoms with Gasteiger partial charge in [0.25, 0.3) is 0 Å². The van der Waals surface area contributed by atoms with E-state index in [1.54, 1.807) is 20.3 Å². The second kappa shape index (κ2) is 6.18. The van der Waals surface area contributed by atoms with E-state index in [4.69, 9.17) is 9.47 Å². The fourth-order valence-corrected chi connectivity index (χ4v) is 3.40. The summed E-state index contributed by atoms with van der Waals surface area (Å²) in [7, 11) is 3.13. The van der Waals surface area contributed by atoms with E-state index >= 15 is 0 Å². The topological polar surface area (TPSA) is 64.5 Å². The summed E-state index contributed by atoms with van der Waals surface area (Å²) >= 11 is 1.49. The SMILES string of the molecule is COc1cc(OC)nc(SC(CO)C(C)(C)C2CC2)n1. The zero-order chi connectivity index (χ0) is 14.8. The number of thioether (sulfide) groups is 1. The van der Waals surface area contributed by atoms with Crippen molar-refractivity contribution in [1.29, 1.82) is 0 Å². The fourth-order valence-electron chi connectivity index (χ4n) is 2.29. The molecule has 2 rings (SSSR count). The lowest BCUT2D eigenvalue weighted by molar-refractivity contribution is 0.201. The number of aromatic nitrogens is 2. The van der Waals surface area contributed by atoms with Gasteiger partial charge in [0.05, 0.1) is 26.9 Å². The molecule has 1 aromatic heterocycles. The van der Waals surface area contributed by atoms with Crippen LogP contribution in [0.4, 0.5) is 0 Å². The molecular weight excluding hydrogens is 276 g/mol. The van der Waals surface area contributed by atoms with Gasteiger partial charge in [0, 0.05) is 5.25 Å². The van der Waals surface area contributed by atoms with Crippen molar-refractivity contribution in [3.63, 3.8) is 0 Å². The van der Waals surface area contributed by atoms with E-state index in [0.29, 0.717) is 22.8 Å². The summed E-state index contributed by atoms with van der Waals surface area (Å²) in [6, 6.07) is 1.64. The molecule has 20 heavy (non-hydrogen) atoms. The van der Waals surface area contributed by atoms with E-state index in [-0.39, 0.29) is 17.3 Å². The first-order valence-corrected chi connectivity index (χ1v) is 7.63. The van der Waals surface area contributed by atoms with Gasteiger partial charge in [-0.3, -0.25) is 0 Å². The van der Waals surface area contributed by atoms with Crippen LogP contribution < -0.4 is 9.47 Å². The first-order valence-electron chi connectivity index (χ1n) is 6.75. The standard InChI is InChI=1S/C14H22N2O3S/c1-14(2,9-5-6-9)10(8-17)20-13-15-11(18-3)7-12(16-13)19-4/h7,9-10,17H,5-6,8H2,1-4H3. The van der Waals surface area contributed by atoms with Crippen molar-refractivity contribution in [2.24, 2.45) is 11.3 Å². The molecule has 0 spiro atoms. The lowest BCUT2D eigenvalue weighted by Gasteiger charge is -2.32. The van der Waals surface area contributed by atoms with Crippen LogP contribution in [0.5, 0.6) is 11.8 Å². The molecule has 0 bridgehead atoms. The minimum atomic E-state index is 0.0619. The Morgan fingerprint density at radius 1 is 1.30 bits per heavy atom. The predicted molar refractivity (Wildman–Crippen MR) is 78.4 cm³/mol. The van der Waals surface area contributed by atoms with Crippen molar-refractivity contribution in [3.8, 4) is 11.8 Å². The maximum absolute atomic E-state index is 9.71. The van der Waals surface area contributed by atoms with Gasteiger partial charge in [0.1, 0.15) is 0 Å². The number of ether oxygens (including phenoxy) is 2. The summed E-state index contributed by atoms with van der Waals surface area (Å²) in [5.74, 6) is 1.63. The van der Waals surface area contributed by atoms with Crippen LogP contribution in [0.2, 0.25) is 0 Å². The first-order chi connectivity index (χ1) is 9.51. The van der Waals surface area contributed by atoms with Gasteiger partial charge in [-0.15, -0.1) is 0 Å². The molecule has 5 nitrogen and oxygen atoms in total. The van der Waals surface area contributed by atoms with E-state index in [0.717, 1.165) is 0 Å². The Balaban J connectivity index is 2.18. The average Bonchev–Trinajstić information content (AvgIpc) is 3.28. The Hall–Kier alpha value is -1.01. The number of hydrogen-bond donors (Lipinski definition) is 1. The molecular formula is C14H22N2O3S. The predicted octanol–water partition coefficient (Wildman–Crippen LogP) is 2.38. The van der Waals surface area contributed by atoms with Gasteiger partial charge in [-0.25, -0.2) is 0 Å². The minimum Gasteiger partial charge on any atom is -0.481 e. The molecule has 0 aliphatic heterocycles. The van der Waals surface area contributed by atoms with Gasteiger partial charge >= 0.3 is 0 Å². The molecule has 0 aromatic carbocycles. The maximum Gasteiger partial charge on any atom is 0.220 e. The fraction of sp³-hybridized carbons (Fsp3) is 0.714. The number of hydrogen-bond acceptors (Lipinski definition) is 6. The molecule has 1 aromatic rings. The van der Waals surface area contributed by atoms with Crippen molar-refractivity contribution < 1.29 is 14.6 Å².